The summed E-state index contributed by atoms with van der Waals surface area (Å²) in [6, 6.07) is 9.91. The van der Waals surface area contributed by atoms with E-state index in [4.69, 9.17) is 10.00 Å². The molecule has 0 radical (unpaired) electrons. The summed E-state index contributed by atoms with van der Waals surface area (Å²) in [5, 5.41) is 8.68. The highest BCUT2D eigenvalue weighted by atomic mass is 16.5. The topological polar surface area (TPSA) is 36.3 Å². The van der Waals surface area contributed by atoms with Crippen molar-refractivity contribution in [2.75, 3.05) is 20.1 Å². The summed E-state index contributed by atoms with van der Waals surface area (Å²) in [5.74, 6) is 0.858. The van der Waals surface area contributed by atoms with Gasteiger partial charge in [0.15, 0.2) is 0 Å². The number of likely N-dealkylation sites (N-methyl/N-ethyl adjacent to an activating group) is 1. The van der Waals surface area contributed by atoms with Crippen molar-refractivity contribution in [1.82, 2.24) is 4.90 Å². The average Bonchev–Trinajstić information content (AvgIpc) is 2.19. The summed E-state index contributed by atoms with van der Waals surface area (Å²) in [4.78, 5) is 2.21. The van der Waals surface area contributed by atoms with Crippen molar-refractivity contribution in [2.24, 2.45) is 0 Å². The van der Waals surface area contributed by atoms with Crippen LogP contribution in [-0.4, -0.2) is 31.1 Å². The minimum Gasteiger partial charge on any atom is -0.487 e. The maximum absolute atomic E-state index is 8.68. The summed E-state index contributed by atoms with van der Waals surface area (Å²) >= 11 is 0. The van der Waals surface area contributed by atoms with Gasteiger partial charge in [0.05, 0.1) is 12.5 Å². The van der Waals surface area contributed by atoms with Gasteiger partial charge in [-0.3, -0.25) is 4.90 Å². The molecule has 1 heterocycles. The Morgan fingerprint density at radius 3 is 2.87 bits per heavy atom. The molecule has 0 saturated carbocycles. The molecule has 2 rings (SSSR count). The van der Waals surface area contributed by atoms with Crippen LogP contribution in [0.5, 0.6) is 5.75 Å². The highest BCUT2D eigenvalue weighted by Crippen LogP contribution is 2.22. The number of nitriles is 1. The van der Waals surface area contributed by atoms with Crippen molar-refractivity contribution in [2.45, 2.75) is 12.5 Å². The monoisotopic (exact) mass is 202 g/mol. The molecule has 1 aromatic rings. The molecule has 3 heteroatoms. The Morgan fingerprint density at radius 1 is 1.47 bits per heavy atom. The van der Waals surface area contributed by atoms with Crippen LogP contribution in [0.4, 0.5) is 0 Å². The van der Waals surface area contributed by atoms with Gasteiger partial charge in [0.1, 0.15) is 11.9 Å². The quantitative estimate of drug-likeness (QED) is 0.744. The number of likely N-dealkylation sites (tertiary alicyclic amines) is 1. The third kappa shape index (κ3) is 2.28. The van der Waals surface area contributed by atoms with Crippen LogP contribution < -0.4 is 4.74 Å². The fraction of sp³-hybridized carbons (Fsp3) is 0.417. The van der Waals surface area contributed by atoms with Crippen LogP contribution in [0.3, 0.4) is 0 Å². The molecule has 1 aliphatic heterocycles. The number of hydrogen-bond acceptors (Lipinski definition) is 3. The van der Waals surface area contributed by atoms with E-state index in [9.17, 15) is 0 Å². The van der Waals surface area contributed by atoms with Gasteiger partial charge in [-0.25, -0.2) is 0 Å². The van der Waals surface area contributed by atoms with E-state index in [-0.39, 0.29) is 6.10 Å². The highest BCUT2D eigenvalue weighted by Gasteiger charge is 2.25. The van der Waals surface area contributed by atoms with Gasteiger partial charge in [0.2, 0.25) is 0 Å². The molecule has 0 aliphatic carbocycles. The van der Waals surface area contributed by atoms with E-state index in [1.54, 1.807) is 0 Å². The van der Waals surface area contributed by atoms with Gasteiger partial charge in [0, 0.05) is 18.7 Å². The average molecular weight is 202 g/mol. The minimum atomic E-state index is 0.287. The van der Waals surface area contributed by atoms with Crippen molar-refractivity contribution in [3.05, 3.63) is 29.8 Å². The van der Waals surface area contributed by atoms with Crippen molar-refractivity contribution in [1.29, 1.82) is 5.26 Å². The molecule has 78 valence electrons. The lowest BCUT2D eigenvalue weighted by Crippen LogP contribution is -2.51. The molecule has 15 heavy (non-hydrogen) atoms. The van der Waals surface area contributed by atoms with Crippen LogP contribution in [0.2, 0.25) is 0 Å². The first-order chi connectivity index (χ1) is 7.29. The highest BCUT2D eigenvalue weighted by molar-refractivity contribution is 5.35. The summed E-state index contributed by atoms with van der Waals surface area (Å²) in [7, 11) is 2.07. The fourth-order valence-electron chi connectivity index (χ4n) is 1.75. The third-order valence-electron chi connectivity index (χ3n) is 2.57. The zero-order chi connectivity index (χ0) is 10.7. The van der Waals surface area contributed by atoms with Gasteiger partial charge in [-0.15, -0.1) is 0 Å². The Labute approximate surface area is 89.9 Å². The predicted octanol–water partition coefficient (Wildman–Crippen LogP) is 1.45. The molecular weight excluding hydrogens is 188 g/mol. The van der Waals surface area contributed by atoms with Gasteiger partial charge >= 0.3 is 0 Å². The first-order valence-corrected chi connectivity index (χ1v) is 5.09. The standard InChI is InChI=1S/C12H14N2O/c1-14-8-11(9-14)15-12-5-3-2-4-10(12)6-7-13/h2-5,11H,6,8-9H2,1H3. The molecule has 0 unspecified atom stereocenters. The van der Waals surface area contributed by atoms with Gasteiger partial charge < -0.3 is 4.74 Å². The molecule has 1 saturated heterocycles. The largest absolute Gasteiger partial charge is 0.487 e. The second-order valence-corrected chi connectivity index (χ2v) is 3.90. The molecule has 1 fully saturated rings. The summed E-state index contributed by atoms with van der Waals surface area (Å²) < 4.78 is 5.81. The molecule has 3 nitrogen and oxygen atoms in total. The summed E-state index contributed by atoms with van der Waals surface area (Å²) in [5.41, 5.74) is 0.981. The van der Waals surface area contributed by atoms with Crippen molar-refractivity contribution < 1.29 is 4.74 Å². The Hall–Kier alpha value is -1.53. The lowest BCUT2D eigenvalue weighted by molar-refractivity contribution is 0.0382. The van der Waals surface area contributed by atoms with E-state index in [1.165, 1.54) is 0 Å². The maximum Gasteiger partial charge on any atom is 0.124 e. The normalized spacial score (nSPS) is 16.8. The minimum absolute atomic E-state index is 0.287. The Kier molecular flexibility index (Phi) is 2.89. The molecule has 1 aliphatic rings. The fourth-order valence-corrected chi connectivity index (χ4v) is 1.75. The molecular formula is C12H14N2O. The molecule has 0 N–H and O–H groups in total. The van der Waals surface area contributed by atoms with Crippen molar-refractivity contribution in [3.63, 3.8) is 0 Å². The van der Waals surface area contributed by atoms with Gasteiger partial charge in [0.25, 0.3) is 0 Å². The number of rotatable bonds is 3. The van der Waals surface area contributed by atoms with E-state index in [2.05, 4.69) is 18.0 Å². The zero-order valence-electron chi connectivity index (χ0n) is 8.81. The van der Waals surface area contributed by atoms with Gasteiger partial charge in [-0.05, 0) is 13.1 Å². The van der Waals surface area contributed by atoms with Crippen LogP contribution in [0.25, 0.3) is 0 Å². The van der Waals surface area contributed by atoms with E-state index >= 15 is 0 Å². The molecule has 0 amide bonds. The van der Waals surface area contributed by atoms with Crippen LogP contribution in [0, 0.1) is 11.3 Å². The van der Waals surface area contributed by atoms with E-state index in [0.29, 0.717) is 6.42 Å². The Balaban J connectivity index is 2.04. The first kappa shape index (κ1) is 10.0. The van der Waals surface area contributed by atoms with Crippen LogP contribution >= 0.6 is 0 Å². The molecule has 0 bridgehead atoms. The van der Waals surface area contributed by atoms with Crippen LogP contribution in [0.1, 0.15) is 5.56 Å². The van der Waals surface area contributed by atoms with E-state index in [0.717, 1.165) is 24.4 Å². The van der Waals surface area contributed by atoms with Gasteiger partial charge in [-0.2, -0.15) is 5.26 Å². The molecule has 0 spiro atoms. The zero-order valence-corrected chi connectivity index (χ0v) is 8.81. The summed E-state index contributed by atoms with van der Waals surface area (Å²) in [6.45, 7) is 1.95. The molecule has 1 aromatic carbocycles. The lowest BCUT2D eigenvalue weighted by atomic mass is 10.1. The van der Waals surface area contributed by atoms with Crippen molar-refractivity contribution >= 4 is 0 Å². The Bertz CT molecular complexity index is 377. The number of nitrogens with zero attached hydrogens (tertiary/aromatic N) is 2. The predicted molar refractivity (Wildman–Crippen MR) is 57.7 cm³/mol. The van der Waals surface area contributed by atoms with E-state index in [1.807, 2.05) is 24.3 Å². The summed E-state index contributed by atoms with van der Waals surface area (Å²) in [6.07, 6.45) is 0.702. The van der Waals surface area contributed by atoms with E-state index < -0.39 is 0 Å². The van der Waals surface area contributed by atoms with Crippen molar-refractivity contribution in [3.8, 4) is 11.8 Å². The Morgan fingerprint density at radius 2 is 2.20 bits per heavy atom. The second kappa shape index (κ2) is 4.33. The maximum atomic E-state index is 8.68. The van der Waals surface area contributed by atoms with Crippen LogP contribution in [0.15, 0.2) is 24.3 Å². The molecule has 0 atom stereocenters. The lowest BCUT2D eigenvalue weighted by Gasteiger charge is -2.36. The number of ether oxygens (including phenoxy) is 1. The molecule has 0 aromatic heterocycles. The number of benzene rings is 1. The first-order valence-electron chi connectivity index (χ1n) is 5.09. The van der Waals surface area contributed by atoms with Crippen LogP contribution in [-0.2, 0) is 6.42 Å². The SMILES string of the molecule is CN1CC(Oc2ccccc2CC#N)C1. The smallest absolute Gasteiger partial charge is 0.124 e. The third-order valence-corrected chi connectivity index (χ3v) is 2.57. The van der Waals surface area contributed by atoms with Gasteiger partial charge in [-0.1, -0.05) is 18.2 Å². The number of hydrogen-bond donors (Lipinski definition) is 0. The second-order valence-electron chi connectivity index (χ2n) is 3.90. The number of para-hydroxylation sites is 1.